The van der Waals surface area contributed by atoms with E-state index in [1.54, 1.807) is 6.07 Å². The normalized spacial score (nSPS) is 20.8. The van der Waals surface area contributed by atoms with Gasteiger partial charge in [-0.1, -0.05) is 18.2 Å². The zero-order valence-electron chi connectivity index (χ0n) is 12.6. The molecule has 0 saturated heterocycles. The fourth-order valence-corrected chi connectivity index (χ4v) is 3.00. The van der Waals surface area contributed by atoms with Crippen molar-refractivity contribution in [3.8, 4) is 5.75 Å². The molecule has 0 radical (unpaired) electrons. The van der Waals surface area contributed by atoms with Crippen molar-refractivity contribution in [1.82, 2.24) is 0 Å². The molecule has 0 fully saturated rings. The second kappa shape index (κ2) is 5.15. The molecule has 110 valence electrons. The van der Waals surface area contributed by atoms with E-state index in [-0.39, 0.29) is 18.0 Å². The first-order valence-electron chi connectivity index (χ1n) is 7.25. The second-order valence-electron chi connectivity index (χ2n) is 5.92. The van der Waals surface area contributed by atoms with Crippen molar-refractivity contribution >= 4 is 0 Å². The van der Waals surface area contributed by atoms with E-state index in [9.17, 15) is 4.39 Å². The predicted molar refractivity (Wildman–Crippen MR) is 82.0 cm³/mol. The summed E-state index contributed by atoms with van der Waals surface area (Å²) in [5.74, 6) is 0.273. The number of halogens is 1. The average molecular weight is 285 g/mol. The highest BCUT2D eigenvalue weighted by atomic mass is 19.1. The minimum Gasteiger partial charge on any atom is -0.485 e. The maximum absolute atomic E-state index is 13.4. The van der Waals surface area contributed by atoms with Crippen LogP contribution in [0.25, 0.3) is 0 Å². The van der Waals surface area contributed by atoms with Gasteiger partial charge in [0.25, 0.3) is 0 Å². The van der Waals surface area contributed by atoms with E-state index in [4.69, 9.17) is 10.5 Å². The van der Waals surface area contributed by atoms with Crippen LogP contribution in [0.15, 0.2) is 30.3 Å². The average Bonchev–Trinajstić information content (AvgIpc) is 2.42. The summed E-state index contributed by atoms with van der Waals surface area (Å²) in [5.41, 5.74) is 12.0. The molecule has 0 spiro atoms. The van der Waals surface area contributed by atoms with Gasteiger partial charge < -0.3 is 10.5 Å². The van der Waals surface area contributed by atoms with Crippen LogP contribution < -0.4 is 10.5 Å². The monoisotopic (exact) mass is 285 g/mol. The minimum atomic E-state index is -0.293. The summed E-state index contributed by atoms with van der Waals surface area (Å²) >= 11 is 0. The minimum absolute atomic E-state index is 0.117. The van der Waals surface area contributed by atoms with Crippen LogP contribution in [0.4, 0.5) is 4.39 Å². The Kier molecular flexibility index (Phi) is 3.46. The van der Waals surface area contributed by atoms with Crippen LogP contribution in [0.5, 0.6) is 5.75 Å². The van der Waals surface area contributed by atoms with Crippen molar-refractivity contribution in [2.45, 2.75) is 39.3 Å². The molecule has 0 bridgehead atoms. The fraction of sp³-hybridized carbons (Fsp3) is 0.333. The standard InChI is InChI=1S/C18H20FNO/c1-10-6-12(3)15(7-11(10)2)18-9-16(20)14-5-4-13(19)8-17(14)21-18/h4-8,16,18H,9,20H2,1-3H3/t16-,18?/m0/s1. The molecule has 1 aliphatic heterocycles. The molecule has 1 heterocycles. The Labute approximate surface area is 124 Å². The Balaban J connectivity index is 2.01. The van der Waals surface area contributed by atoms with Crippen molar-refractivity contribution in [1.29, 1.82) is 0 Å². The van der Waals surface area contributed by atoms with Gasteiger partial charge in [0.2, 0.25) is 0 Å². The van der Waals surface area contributed by atoms with Gasteiger partial charge in [0.1, 0.15) is 17.7 Å². The highest BCUT2D eigenvalue weighted by molar-refractivity contribution is 5.42. The van der Waals surface area contributed by atoms with Crippen molar-refractivity contribution in [3.05, 3.63) is 64.0 Å². The van der Waals surface area contributed by atoms with E-state index in [0.29, 0.717) is 12.2 Å². The Hall–Kier alpha value is -1.87. The lowest BCUT2D eigenvalue weighted by Gasteiger charge is -2.31. The molecule has 2 aromatic rings. The quantitative estimate of drug-likeness (QED) is 0.849. The van der Waals surface area contributed by atoms with Gasteiger partial charge in [0, 0.05) is 24.1 Å². The van der Waals surface area contributed by atoms with Gasteiger partial charge in [-0.2, -0.15) is 0 Å². The molecule has 1 aliphatic rings. The lowest BCUT2D eigenvalue weighted by atomic mass is 9.90. The van der Waals surface area contributed by atoms with Gasteiger partial charge in [-0.15, -0.1) is 0 Å². The second-order valence-corrected chi connectivity index (χ2v) is 5.92. The summed E-state index contributed by atoms with van der Waals surface area (Å²) in [4.78, 5) is 0. The SMILES string of the molecule is Cc1cc(C)c(C2C[C@H](N)c3ccc(F)cc3O2)cc1C. The molecule has 0 aromatic heterocycles. The van der Waals surface area contributed by atoms with E-state index < -0.39 is 0 Å². The summed E-state index contributed by atoms with van der Waals surface area (Å²) in [6, 6.07) is 8.79. The highest BCUT2D eigenvalue weighted by Gasteiger charge is 2.28. The Morgan fingerprint density at radius 1 is 1.00 bits per heavy atom. The van der Waals surface area contributed by atoms with E-state index >= 15 is 0 Å². The third kappa shape index (κ3) is 2.54. The van der Waals surface area contributed by atoms with Crippen LogP contribution in [0, 0.1) is 26.6 Å². The summed E-state index contributed by atoms with van der Waals surface area (Å²) in [6.07, 6.45) is 0.593. The van der Waals surface area contributed by atoms with Crippen molar-refractivity contribution < 1.29 is 9.13 Å². The molecule has 0 aliphatic carbocycles. The first-order chi connectivity index (χ1) is 9.95. The maximum Gasteiger partial charge on any atom is 0.127 e. The molecule has 1 unspecified atom stereocenters. The van der Waals surface area contributed by atoms with Crippen molar-refractivity contribution in [2.75, 3.05) is 0 Å². The molecule has 2 atom stereocenters. The van der Waals surface area contributed by atoms with Gasteiger partial charge in [0.15, 0.2) is 0 Å². The van der Waals surface area contributed by atoms with Gasteiger partial charge >= 0.3 is 0 Å². The van der Waals surface area contributed by atoms with E-state index in [0.717, 1.165) is 11.1 Å². The highest BCUT2D eigenvalue weighted by Crippen LogP contribution is 2.41. The smallest absolute Gasteiger partial charge is 0.127 e. The lowest BCUT2D eigenvalue weighted by molar-refractivity contribution is 0.160. The number of hydrogen-bond donors (Lipinski definition) is 1. The predicted octanol–water partition coefficient (Wildman–Crippen LogP) is 4.27. The molecule has 2 N–H and O–H groups in total. The van der Waals surface area contributed by atoms with E-state index in [2.05, 4.69) is 32.9 Å². The Morgan fingerprint density at radius 2 is 1.71 bits per heavy atom. The molecule has 3 rings (SSSR count). The Bertz CT molecular complexity index is 696. The number of hydrogen-bond acceptors (Lipinski definition) is 2. The lowest BCUT2D eigenvalue weighted by Crippen LogP contribution is -2.24. The molecular formula is C18H20FNO. The summed E-state index contributed by atoms with van der Waals surface area (Å²) in [7, 11) is 0. The number of aryl methyl sites for hydroxylation is 3. The van der Waals surface area contributed by atoms with Crippen molar-refractivity contribution in [2.24, 2.45) is 5.73 Å². The van der Waals surface area contributed by atoms with Gasteiger partial charge in [0.05, 0.1) is 0 Å². The van der Waals surface area contributed by atoms with Gasteiger partial charge in [-0.3, -0.25) is 0 Å². The zero-order valence-corrected chi connectivity index (χ0v) is 12.6. The van der Waals surface area contributed by atoms with Gasteiger partial charge in [-0.25, -0.2) is 4.39 Å². The van der Waals surface area contributed by atoms with Crippen LogP contribution in [0.3, 0.4) is 0 Å². The van der Waals surface area contributed by atoms with E-state index in [1.807, 2.05) is 0 Å². The van der Waals surface area contributed by atoms with Crippen molar-refractivity contribution in [3.63, 3.8) is 0 Å². The first kappa shape index (κ1) is 14.1. The molecule has 2 aromatic carbocycles. The summed E-state index contributed by atoms with van der Waals surface area (Å²) < 4.78 is 19.5. The van der Waals surface area contributed by atoms with Crippen LogP contribution in [-0.2, 0) is 0 Å². The summed E-state index contributed by atoms with van der Waals surface area (Å²) in [5, 5.41) is 0. The molecular weight excluding hydrogens is 265 g/mol. The molecule has 21 heavy (non-hydrogen) atoms. The largest absolute Gasteiger partial charge is 0.485 e. The topological polar surface area (TPSA) is 35.2 Å². The Morgan fingerprint density at radius 3 is 2.48 bits per heavy atom. The van der Waals surface area contributed by atoms with E-state index in [1.165, 1.54) is 28.8 Å². The molecule has 0 saturated carbocycles. The number of rotatable bonds is 1. The first-order valence-corrected chi connectivity index (χ1v) is 7.25. The maximum atomic E-state index is 13.4. The number of benzene rings is 2. The third-order valence-electron chi connectivity index (χ3n) is 4.34. The van der Waals surface area contributed by atoms with Crippen LogP contribution in [0.1, 0.15) is 46.4 Å². The van der Waals surface area contributed by atoms with Crippen LogP contribution in [-0.4, -0.2) is 0 Å². The number of ether oxygens (including phenoxy) is 1. The van der Waals surface area contributed by atoms with Gasteiger partial charge in [-0.05, 0) is 49.1 Å². The number of nitrogens with two attached hydrogens (primary N) is 1. The molecule has 0 amide bonds. The third-order valence-corrected chi connectivity index (χ3v) is 4.34. The van der Waals surface area contributed by atoms with Crippen LogP contribution in [0.2, 0.25) is 0 Å². The zero-order chi connectivity index (χ0) is 15.1. The molecule has 2 nitrogen and oxygen atoms in total. The summed E-state index contributed by atoms with van der Waals surface area (Å²) in [6.45, 7) is 6.27. The number of fused-ring (bicyclic) bond motifs is 1. The van der Waals surface area contributed by atoms with Crippen LogP contribution >= 0.6 is 0 Å². The molecule has 3 heteroatoms. The fourth-order valence-electron chi connectivity index (χ4n) is 3.00.